The number of rotatable bonds is 6. The Balaban J connectivity index is 1.83. The van der Waals surface area contributed by atoms with Crippen molar-refractivity contribution in [3.8, 4) is 5.75 Å². The minimum atomic E-state index is -0.0407. The molecular formula is C13H16ClIO3. The van der Waals surface area contributed by atoms with Gasteiger partial charge in [-0.25, -0.2) is 0 Å². The van der Waals surface area contributed by atoms with E-state index in [1.165, 1.54) is 3.57 Å². The van der Waals surface area contributed by atoms with Gasteiger partial charge in [0, 0.05) is 17.1 Å². The Morgan fingerprint density at radius 1 is 1.28 bits per heavy atom. The van der Waals surface area contributed by atoms with Crippen LogP contribution in [0.5, 0.6) is 5.75 Å². The molecule has 0 bridgehead atoms. The molecule has 0 heterocycles. The summed E-state index contributed by atoms with van der Waals surface area (Å²) in [6.45, 7) is 1.13. The third kappa shape index (κ3) is 3.73. The van der Waals surface area contributed by atoms with Crippen molar-refractivity contribution in [3.63, 3.8) is 0 Å². The van der Waals surface area contributed by atoms with Crippen LogP contribution in [0, 0.1) is 3.57 Å². The molecule has 1 aliphatic rings. The summed E-state index contributed by atoms with van der Waals surface area (Å²) < 4.78 is 17.7. The van der Waals surface area contributed by atoms with Crippen LogP contribution in [0.4, 0.5) is 0 Å². The van der Waals surface area contributed by atoms with Crippen molar-refractivity contribution >= 4 is 34.2 Å². The van der Waals surface area contributed by atoms with Crippen LogP contribution in [0.3, 0.4) is 0 Å². The van der Waals surface area contributed by atoms with E-state index in [1.54, 1.807) is 7.11 Å². The summed E-state index contributed by atoms with van der Waals surface area (Å²) in [5.74, 6) is 0.865. The van der Waals surface area contributed by atoms with Crippen LogP contribution < -0.4 is 4.74 Å². The van der Waals surface area contributed by atoms with Crippen molar-refractivity contribution in [1.29, 1.82) is 0 Å². The Kier molecular flexibility index (Phi) is 5.54. The summed E-state index contributed by atoms with van der Waals surface area (Å²) in [7, 11) is 1.65. The van der Waals surface area contributed by atoms with Crippen molar-refractivity contribution in [2.24, 2.45) is 0 Å². The summed E-state index contributed by atoms with van der Waals surface area (Å²) in [6.07, 6.45) is 0.830. The molecule has 0 aromatic heterocycles. The maximum absolute atomic E-state index is 6.13. The molecule has 1 saturated carbocycles. The van der Waals surface area contributed by atoms with Gasteiger partial charge in [-0.05, 0) is 46.9 Å². The monoisotopic (exact) mass is 382 g/mol. The molecular weight excluding hydrogens is 366 g/mol. The molecule has 0 radical (unpaired) electrons. The van der Waals surface area contributed by atoms with Crippen LogP contribution in [0.1, 0.15) is 6.42 Å². The molecule has 3 atom stereocenters. The van der Waals surface area contributed by atoms with E-state index in [4.69, 9.17) is 25.8 Å². The van der Waals surface area contributed by atoms with Gasteiger partial charge in [0.1, 0.15) is 18.0 Å². The van der Waals surface area contributed by atoms with E-state index in [0.29, 0.717) is 13.2 Å². The zero-order chi connectivity index (χ0) is 13.0. The molecule has 100 valence electrons. The standard InChI is InChI=1S/C13H16ClIO3/c1-16-6-7-17-13-11(14)8-12(13)18-10-4-2-9(15)3-5-10/h2-5,11-13H,6-8H2,1H3. The fourth-order valence-corrected chi connectivity index (χ4v) is 2.58. The molecule has 0 amide bonds. The lowest BCUT2D eigenvalue weighted by atomic mass is 9.91. The molecule has 0 saturated heterocycles. The smallest absolute Gasteiger partial charge is 0.128 e. The highest BCUT2D eigenvalue weighted by atomic mass is 127. The summed E-state index contributed by atoms with van der Waals surface area (Å²) in [6, 6.07) is 7.98. The molecule has 3 unspecified atom stereocenters. The van der Waals surface area contributed by atoms with E-state index in [0.717, 1.165) is 12.2 Å². The third-order valence-electron chi connectivity index (χ3n) is 2.88. The highest BCUT2D eigenvalue weighted by molar-refractivity contribution is 14.1. The number of hydrogen-bond donors (Lipinski definition) is 0. The highest BCUT2D eigenvalue weighted by Gasteiger charge is 2.42. The van der Waals surface area contributed by atoms with Crippen LogP contribution in [0.2, 0.25) is 0 Å². The number of hydrogen-bond acceptors (Lipinski definition) is 3. The predicted octanol–water partition coefficient (Wildman–Crippen LogP) is 3.08. The van der Waals surface area contributed by atoms with E-state index in [9.17, 15) is 0 Å². The zero-order valence-corrected chi connectivity index (χ0v) is 13.1. The fraction of sp³-hybridized carbons (Fsp3) is 0.538. The first-order valence-electron chi connectivity index (χ1n) is 5.87. The molecule has 1 aliphatic carbocycles. The summed E-state index contributed by atoms with van der Waals surface area (Å²) in [5.41, 5.74) is 0. The quantitative estimate of drug-likeness (QED) is 0.430. The van der Waals surface area contributed by atoms with Crippen molar-refractivity contribution in [2.45, 2.75) is 24.0 Å². The second-order valence-electron chi connectivity index (χ2n) is 4.19. The Bertz CT molecular complexity index is 371. The second kappa shape index (κ2) is 6.93. The average Bonchev–Trinajstić information content (AvgIpc) is 2.36. The maximum Gasteiger partial charge on any atom is 0.128 e. The van der Waals surface area contributed by atoms with Gasteiger partial charge in [0.15, 0.2) is 0 Å². The fourth-order valence-electron chi connectivity index (χ4n) is 1.81. The zero-order valence-electron chi connectivity index (χ0n) is 10.1. The van der Waals surface area contributed by atoms with Crippen LogP contribution in [-0.2, 0) is 9.47 Å². The molecule has 0 spiro atoms. The van der Waals surface area contributed by atoms with E-state index < -0.39 is 0 Å². The number of methoxy groups -OCH3 is 1. The van der Waals surface area contributed by atoms with Crippen LogP contribution in [0.15, 0.2) is 24.3 Å². The summed E-state index contributed by atoms with van der Waals surface area (Å²) >= 11 is 8.40. The second-order valence-corrected chi connectivity index (χ2v) is 6.00. The first-order chi connectivity index (χ1) is 8.70. The van der Waals surface area contributed by atoms with Gasteiger partial charge in [-0.15, -0.1) is 11.6 Å². The summed E-state index contributed by atoms with van der Waals surface area (Å²) in [4.78, 5) is 0. The van der Waals surface area contributed by atoms with Gasteiger partial charge in [-0.2, -0.15) is 0 Å². The third-order valence-corrected chi connectivity index (χ3v) is 4.02. The van der Waals surface area contributed by atoms with E-state index in [-0.39, 0.29) is 17.6 Å². The number of benzene rings is 1. The molecule has 3 nitrogen and oxygen atoms in total. The van der Waals surface area contributed by atoms with Crippen molar-refractivity contribution in [1.82, 2.24) is 0 Å². The largest absolute Gasteiger partial charge is 0.488 e. The number of alkyl halides is 1. The molecule has 1 aromatic rings. The van der Waals surface area contributed by atoms with Gasteiger partial charge in [-0.3, -0.25) is 0 Å². The summed E-state index contributed by atoms with van der Waals surface area (Å²) in [5, 5.41) is 0.0377. The normalized spacial score (nSPS) is 26.7. The van der Waals surface area contributed by atoms with Gasteiger partial charge in [-0.1, -0.05) is 0 Å². The average molecular weight is 383 g/mol. The Morgan fingerprint density at radius 3 is 2.61 bits per heavy atom. The molecule has 0 N–H and O–H groups in total. The predicted molar refractivity (Wildman–Crippen MR) is 79.4 cm³/mol. The lowest BCUT2D eigenvalue weighted by molar-refractivity contribution is -0.0898. The van der Waals surface area contributed by atoms with E-state index in [1.807, 2.05) is 24.3 Å². The molecule has 18 heavy (non-hydrogen) atoms. The van der Waals surface area contributed by atoms with E-state index in [2.05, 4.69) is 22.6 Å². The first-order valence-corrected chi connectivity index (χ1v) is 7.39. The number of ether oxygens (including phenoxy) is 3. The van der Waals surface area contributed by atoms with E-state index >= 15 is 0 Å². The molecule has 1 aromatic carbocycles. The molecule has 5 heteroatoms. The molecule has 0 aliphatic heterocycles. The highest BCUT2D eigenvalue weighted by Crippen LogP contribution is 2.33. The minimum Gasteiger partial charge on any atom is -0.488 e. The lowest BCUT2D eigenvalue weighted by Crippen LogP contribution is -2.53. The molecule has 1 fully saturated rings. The molecule has 2 rings (SSSR count). The van der Waals surface area contributed by atoms with Crippen LogP contribution >= 0.6 is 34.2 Å². The van der Waals surface area contributed by atoms with Crippen LogP contribution in [-0.4, -0.2) is 37.9 Å². The number of halogens is 2. The Hall–Kier alpha value is -0.0400. The van der Waals surface area contributed by atoms with Crippen LogP contribution in [0.25, 0.3) is 0 Å². The van der Waals surface area contributed by atoms with Gasteiger partial charge in [0.25, 0.3) is 0 Å². The first kappa shape index (κ1) is 14.4. The minimum absolute atomic E-state index is 0.0377. The Morgan fingerprint density at radius 2 is 2.00 bits per heavy atom. The van der Waals surface area contributed by atoms with Gasteiger partial charge < -0.3 is 14.2 Å². The van der Waals surface area contributed by atoms with Gasteiger partial charge in [0.2, 0.25) is 0 Å². The van der Waals surface area contributed by atoms with Gasteiger partial charge in [0.05, 0.1) is 18.6 Å². The SMILES string of the molecule is COCCOC1C(Cl)CC1Oc1ccc(I)cc1. The van der Waals surface area contributed by atoms with Crippen molar-refractivity contribution in [3.05, 3.63) is 27.8 Å². The maximum atomic E-state index is 6.13. The van der Waals surface area contributed by atoms with Gasteiger partial charge >= 0.3 is 0 Å². The topological polar surface area (TPSA) is 27.7 Å². The Labute approximate surface area is 126 Å². The van der Waals surface area contributed by atoms with Crippen molar-refractivity contribution in [2.75, 3.05) is 20.3 Å². The van der Waals surface area contributed by atoms with Crippen molar-refractivity contribution < 1.29 is 14.2 Å². The lowest BCUT2D eigenvalue weighted by Gasteiger charge is -2.40.